The average Bonchev–Trinajstić information content (AvgIpc) is 2.18. The van der Waals surface area contributed by atoms with E-state index in [1.165, 1.54) is 6.26 Å². The van der Waals surface area contributed by atoms with Crippen LogP contribution in [0.3, 0.4) is 0 Å². The van der Waals surface area contributed by atoms with E-state index in [2.05, 4.69) is 4.74 Å². The molecular formula is C10H9NO3. The van der Waals surface area contributed by atoms with Gasteiger partial charge in [-0.05, 0) is 5.56 Å². The van der Waals surface area contributed by atoms with Crippen LogP contribution < -0.4 is 0 Å². The average molecular weight is 191 g/mol. The molecule has 1 atom stereocenters. The van der Waals surface area contributed by atoms with E-state index >= 15 is 0 Å². The minimum Gasteiger partial charge on any atom is -0.478 e. The van der Waals surface area contributed by atoms with Crippen LogP contribution in [0.2, 0.25) is 0 Å². The summed E-state index contributed by atoms with van der Waals surface area (Å²) in [6.07, 6.45) is 0.492. The predicted octanol–water partition coefficient (Wildman–Crippen LogP) is 1.18. The minimum atomic E-state index is -1.13. The molecule has 1 rings (SSSR count). The normalized spacial score (nSPS) is 11.4. The molecule has 0 aliphatic carbocycles. The Bertz CT molecular complexity index is 342. The number of nitriles is 1. The third kappa shape index (κ3) is 2.79. The smallest absolute Gasteiger partial charge is 0.346 e. The van der Waals surface area contributed by atoms with Gasteiger partial charge in [-0.1, -0.05) is 30.3 Å². The number of rotatable bonds is 4. The van der Waals surface area contributed by atoms with E-state index in [0.29, 0.717) is 0 Å². The zero-order valence-electron chi connectivity index (χ0n) is 7.38. The highest BCUT2D eigenvalue weighted by molar-refractivity contribution is 5.72. The number of hydrogen-bond donors (Lipinski definition) is 1. The number of benzene rings is 1. The summed E-state index contributed by atoms with van der Waals surface area (Å²) >= 11 is 0. The Labute approximate surface area is 81.4 Å². The molecule has 0 saturated carbocycles. The molecule has 1 unspecified atom stereocenters. The first-order chi connectivity index (χ1) is 6.74. The van der Waals surface area contributed by atoms with E-state index in [1.54, 1.807) is 24.3 Å². The van der Waals surface area contributed by atoms with Crippen molar-refractivity contribution in [1.82, 2.24) is 0 Å². The molecule has 0 heterocycles. The monoisotopic (exact) mass is 191 g/mol. The van der Waals surface area contributed by atoms with Gasteiger partial charge >= 0.3 is 5.97 Å². The van der Waals surface area contributed by atoms with E-state index in [4.69, 9.17) is 10.4 Å². The van der Waals surface area contributed by atoms with Crippen molar-refractivity contribution in [3.8, 4) is 6.26 Å². The van der Waals surface area contributed by atoms with Gasteiger partial charge in [-0.25, -0.2) is 4.79 Å². The van der Waals surface area contributed by atoms with Crippen molar-refractivity contribution in [1.29, 1.82) is 5.26 Å². The van der Waals surface area contributed by atoms with Crippen LogP contribution >= 0.6 is 0 Å². The van der Waals surface area contributed by atoms with Gasteiger partial charge in [0.2, 0.25) is 6.10 Å². The first-order valence-corrected chi connectivity index (χ1v) is 4.05. The van der Waals surface area contributed by atoms with Gasteiger partial charge in [-0.2, -0.15) is 5.26 Å². The van der Waals surface area contributed by atoms with Gasteiger partial charge in [0.15, 0.2) is 0 Å². The largest absolute Gasteiger partial charge is 0.478 e. The Hall–Kier alpha value is -2.02. The molecule has 0 radical (unpaired) electrons. The van der Waals surface area contributed by atoms with Crippen LogP contribution in [-0.2, 0) is 16.0 Å². The van der Waals surface area contributed by atoms with E-state index in [-0.39, 0.29) is 6.42 Å². The SMILES string of the molecule is N#COC(Cc1ccccc1)C(=O)O. The maximum Gasteiger partial charge on any atom is 0.346 e. The summed E-state index contributed by atoms with van der Waals surface area (Å²) in [5, 5.41) is 16.9. The maximum atomic E-state index is 10.6. The van der Waals surface area contributed by atoms with Crippen LogP contribution in [0.4, 0.5) is 0 Å². The van der Waals surface area contributed by atoms with Crippen molar-refractivity contribution < 1.29 is 14.6 Å². The van der Waals surface area contributed by atoms with Gasteiger partial charge in [-0.3, -0.25) is 0 Å². The third-order valence-electron chi connectivity index (χ3n) is 1.73. The van der Waals surface area contributed by atoms with Crippen LogP contribution in [0.25, 0.3) is 0 Å². The Kier molecular flexibility index (Phi) is 3.50. The summed E-state index contributed by atoms with van der Waals surface area (Å²) in [5.74, 6) is -1.13. The molecule has 0 aliphatic rings. The van der Waals surface area contributed by atoms with Gasteiger partial charge in [0.1, 0.15) is 0 Å². The molecule has 72 valence electrons. The van der Waals surface area contributed by atoms with Crippen LogP contribution in [0, 0.1) is 11.5 Å². The number of carboxylic acid groups (broad SMARTS) is 1. The summed E-state index contributed by atoms with van der Waals surface area (Å²) < 4.78 is 4.41. The van der Waals surface area contributed by atoms with Gasteiger partial charge in [0, 0.05) is 6.42 Å². The molecule has 0 spiro atoms. The fourth-order valence-electron chi connectivity index (χ4n) is 1.07. The van der Waals surface area contributed by atoms with Crippen LogP contribution in [0.1, 0.15) is 5.56 Å². The second kappa shape index (κ2) is 4.87. The van der Waals surface area contributed by atoms with Crippen LogP contribution in [0.5, 0.6) is 0 Å². The molecule has 0 saturated heterocycles. The minimum absolute atomic E-state index is 0.198. The first kappa shape index (κ1) is 10.1. The van der Waals surface area contributed by atoms with Crippen molar-refractivity contribution in [2.75, 3.05) is 0 Å². The quantitative estimate of drug-likeness (QED) is 0.725. The summed E-state index contributed by atoms with van der Waals surface area (Å²) in [6.45, 7) is 0. The first-order valence-electron chi connectivity index (χ1n) is 4.05. The molecule has 4 nitrogen and oxygen atoms in total. The zero-order valence-corrected chi connectivity index (χ0v) is 7.38. The standard InChI is InChI=1S/C10H9NO3/c11-7-14-9(10(12)13)6-8-4-2-1-3-5-8/h1-5,9H,6H2,(H,12,13). The summed E-state index contributed by atoms with van der Waals surface area (Å²) in [4.78, 5) is 10.6. The lowest BCUT2D eigenvalue weighted by Crippen LogP contribution is -2.24. The molecule has 0 aromatic heterocycles. The van der Waals surface area contributed by atoms with Crippen molar-refractivity contribution in [3.05, 3.63) is 35.9 Å². The Balaban J connectivity index is 2.66. The summed E-state index contributed by atoms with van der Waals surface area (Å²) in [6, 6.07) is 9.03. The van der Waals surface area contributed by atoms with Crippen molar-refractivity contribution in [2.24, 2.45) is 0 Å². The van der Waals surface area contributed by atoms with Gasteiger partial charge in [-0.15, -0.1) is 0 Å². The Morgan fingerprint density at radius 2 is 2.14 bits per heavy atom. The summed E-state index contributed by atoms with van der Waals surface area (Å²) in [5.41, 5.74) is 0.829. The number of nitrogens with zero attached hydrogens (tertiary/aromatic N) is 1. The zero-order chi connectivity index (χ0) is 10.4. The van der Waals surface area contributed by atoms with E-state index < -0.39 is 12.1 Å². The Morgan fingerprint density at radius 3 is 2.64 bits per heavy atom. The number of hydrogen-bond acceptors (Lipinski definition) is 3. The molecule has 14 heavy (non-hydrogen) atoms. The highest BCUT2D eigenvalue weighted by atomic mass is 16.5. The molecule has 0 bridgehead atoms. The van der Waals surface area contributed by atoms with Gasteiger partial charge in [0.05, 0.1) is 0 Å². The lowest BCUT2D eigenvalue weighted by Gasteiger charge is -2.08. The van der Waals surface area contributed by atoms with Gasteiger partial charge in [0.25, 0.3) is 6.26 Å². The highest BCUT2D eigenvalue weighted by Crippen LogP contribution is 2.05. The van der Waals surface area contributed by atoms with Crippen molar-refractivity contribution in [3.63, 3.8) is 0 Å². The van der Waals surface area contributed by atoms with E-state index in [9.17, 15) is 4.79 Å². The van der Waals surface area contributed by atoms with Crippen LogP contribution in [-0.4, -0.2) is 17.2 Å². The topological polar surface area (TPSA) is 70.3 Å². The predicted molar refractivity (Wildman–Crippen MR) is 48.3 cm³/mol. The van der Waals surface area contributed by atoms with Crippen LogP contribution in [0.15, 0.2) is 30.3 Å². The fourth-order valence-corrected chi connectivity index (χ4v) is 1.07. The van der Waals surface area contributed by atoms with Crippen molar-refractivity contribution >= 4 is 5.97 Å². The number of carboxylic acids is 1. The summed E-state index contributed by atoms with van der Waals surface area (Å²) in [7, 11) is 0. The third-order valence-corrected chi connectivity index (χ3v) is 1.73. The molecule has 0 amide bonds. The molecule has 0 aliphatic heterocycles. The Morgan fingerprint density at radius 1 is 1.50 bits per heavy atom. The fraction of sp³-hybridized carbons (Fsp3) is 0.200. The number of carbonyl (C=O) groups is 1. The molecular weight excluding hydrogens is 182 g/mol. The molecule has 0 fully saturated rings. The molecule has 1 aromatic rings. The van der Waals surface area contributed by atoms with E-state index in [1.807, 2.05) is 6.07 Å². The number of ether oxygens (including phenoxy) is 1. The lowest BCUT2D eigenvalue weighted by molar-refractivity contribution is -0.146. The highest BCUT2D eigenvalue weighted by Gasteiger charge is 2.18. The maximum absolute atomic E-state index is 10.6. The molecule has 4 heteroatoms. The molecule has 1 aromatic carbocycles. The van der Waals surface area contributed by atoms with Gasteiger partial charge < -0.3 is 9.84 Å². The number of aliphatic carboxylic acids is 1. The second-order valence-electron chi connectivity index (χ2n) is 2.73. The lowest BCUT2D eigenvalue weighted by atomic mass is 10.1. The molecule has 1 N–H and O–H groups in total. The van der Waals surface area contributed by atoms with E-state index in [0.717, 1.165) is 5.56 Å². The van der Waals surface area contributed by atoms with Crippen molar-refractivity contribution in [2.45, 2.75) is 12.5 Å². The second-order valence-corrected chi connectivity index (χ2v) is 2.73.